The van der Waals surface area contributed by atoms with Crippen LogP contribution in [0.1, 0.15) is 5.56 Å². The first kappa shape index (κ1) is 16.9. The molecule has 0 atom stereocenters. The Morgan fingerprint density at radius 3 is 2.60 bits per heavy atom. The zero-order valence-electron chi connectivity index (χ0n) is 13.2. The molecule has 0 aliphatic carbocycles. The lowest BCUT2D eigenvalue weighted by molar-refractivity contribution is -0.136. The van der Waals surface area contributed by atoms with Crippen LogP contribution < -0.4 is 10.6 Å². The summed E-state index contributed by atoms with van der Waals surface area (Å²) in [5.74, 6) is -1.39. The van der Waals surface area contributed by atoms with Crippen LogP contribution in [0.3, 0.4) is 0 Å². The molecule has 0 bridgehead atoms. The first-order chi connectivity index (χ1) is 12.0. The molecule has 0 saturated carbocycles. The normalized spacial score (nSPS) is 10.6. The van der Waals surface area contributed by atoms with Gasteiger partial charge in [-0.3, -0.25) is 9.59 Å². The van der Waals surface area contributed by atoms with Gasteiger partial charge in [0.15, 0.2) is 0 Å². The number of aromatic hydroxyl groups is 1. The van der Waals surface area contributed by atoms with Gasteiger partial charge in [0.1, 0.15) is 5.75 Å². The first-order valence-corrected chi connectivity index (χ1v) is 8.04. The van der Waals surface area contributed by atoms with Gasteiger partial charge in [0.05, 0.1) is 0 Å². The number of aromatic amines is 1. The summed E-state index contributed by atoms with van der Waals surface area (Å²) in [5, 5.41) is 15.9. The molecule has 0 aliphatic heterocycles. The molecule has 128 valence electrons. The molecule has 0 unspecified atom stereocenters. The van der Waals surface area contributed by atoms with Crippen molar-refractivity contribution in [3.63, 3.8) is 0 Å². The third kappa shape index (κ3) is 4.10. The number of anilines is 1. The predicted octanol–water partition coefficient (Wildman–Crippen LogP) is 2.82. The van der Waals surface area contributed by atoms with Gasteiger partial charge in [0.2, 0.25) is 0 Å². The molecule has 0 aliphatic rings. The van der Waals surface area contributed by atoms with Crippen molar-refractivity contribution in [1.82, 2.24) is 10.3 Å². The number of phenolic OH excluding ortho intramolecular Hbond substituents is 1. The number of amides is 2. The highest BCUT2D eigenvalue weighted by Crippen LogP contribution is 2.22. The van der Waals surface area contributed by atoms with Crippen LogP contribution >= 0.6 is 11.6 Å². The molecule has 3 aromatic rings. The molecule has 6 nitrogen and oxygen atoms in total. The highest BCUT2D eigenvalue weighted by Gasteiger charge is 2.13. The van der Waals surface area contributed by atoms with Crippen molar-refractivity contribution in [3.05, 3.63) is 59.2 Å². The minimum Gasteiger partial charge on any atom is -0.508 e. The largest absolute Gasteiger partial charge is 0.508 e. The van der Waals surface area contributed by atoms with Crippen molar-refractivity contribution in [2.24, 2.45) is 0 Å². The maximum absolute atomic E-state index is 11.9. The van der Waals surface area contributed by atoms with Crippen molar-refractivity contribution in [2.75, 3.05) is 11.9 Å². The highest BCUT2D eigenvalue weighted by molar-refractivity contribution is 6.39. The number of hydrogen-bond donors (Lipinski definition) is 4. The molecule has 2 amide bonds. The maximum atomic E-state index is 11.9. The summed E-state index contributed by atoms with van der Waals surface area (Å²) in [7, 11) is 0. The van der Waals surface area contributed by atoms with E-state index >= 15 is 0 Å². The van der Waals surface area contributed by atoms with Crippen LogP contribution in [0.4, 0.5) is 5.69 Å². The van der Waals surface area contributed by atoms with E-state index in [1.165, 1.54) is 24.3 Å². The van der Waals surface area contributed by atoms with Crippen molar-refractivity contribution in [3.8, 4) is 5.75 Å². The second kappa shape index (κ2) is 7.27. The number of H-pyrrole nitrogens is 1. The molecule has 0 saturated heterocycles. The lowest BCUT2D eigenvalue weighted by atomic mass is 10.1. The maximum Gasteiger partial charge on any atom is 0.313 e. The summed E-state index contributed by atoms with van der Waals surface area (Å²) in [5.41, 5.74) is 2.41. The summed E-state index contributed by atoms with van der Waals surface area (Å²) < 4.78 is 0. The van der Waals surface area contributed by atoms with E-state index in [4.69, 9.17) is 11.6 Å². The Bertz CT molecular complexity index is 919. The van der Waals surface area contributed by atoms with E-state index < -0.39 is 11.8 Å². The smallest absolute Gasteiger partial charge is 0.313 e. The number of rotatable bonds is 4. The molecule has 3 rings (SSSR count). The number of fused-ring (bicyclic) bond motifs is 1. The quantitative estimate of drug-likeness (QED) is 0.427. The number of halogens is 1. The second-order valence-corrected chi connectivity index (χ2v) is 5.95. The van der Waals surface area contributed by atoms with Crippen molar-refractivity contribution in [2.45, 2.75) is 6.42 Å². The summed E-state index contributed by atoms with van der Waals surface area (Å²) in [6, 6.07) is 11.4. The van der Waals surface area contributed by atoms with Crippen LogP contribution in [-0.4, -0.2) is 28.4 Å². The van der Waals surface area contributed by atoms with Crippen LogP contribution in [0.15, 0.2) is 48.7 Å². The number of phenols is 1. The molecule has 2 aromatic carbocycles. The van der Waals surface area contributed by atoms with Gasteiger partial charge < -0.3 is 20.7 Å². The van der Waals surface area contributed by atoms with E-state index in [1.54, 1.807) is 6.07 Å². The van der Waals surface area contributed by atoms with Gasteiger partial charge in [0.25, 0.3) is 0 Å². The Morgan fingerprint density at radius 1 is 1.08 bits per heavy atom. The first-order valence-electron chi connectivity index (χ1n) is 7.66. The topological polar surface area (TPSA) is 94.2 Å². The third-order valence-electron chi connectivity index (χ3n) is 3.74. The van der Waals surface area contributed by atoms with Crippen LogP contribution in [0.2, 0.25) is 5.02 Å². The number of hydrogen-bond acceptors (Lipinski definition) is 3. The molecule has 0 fully saturated rings. The Balaban J connectivity index is 1.54. The molecular weight excluding hydrogens is 342 g/mol. The zero-order chi connectivity index (χ0) is 17.8. The molecule has 1 aromatic heterocycles. The van der Waals surface area contributed by atoms with E-state index in [0.29, 0.717) is 23.7 Å². The Hall–Kier alpha value is -2.99. The third-order valence-corrected chi connectivity index (χ3v) is 3.98. The van der Waals surface area contributed by atoms with Gasteiger partial charge in [-0.05, 0) is 54.4 Å². The number of nitrogens with one attached hydrogen (secondary N) is 3. The van der Waals surface area contributed by atoms with Gasteiger partial charge >= 0.3 is 11.8 Å². The fourth-order valence-electron chi connectivity index (χ4n) is 2.48. The monoisotopic (exact) mass is 357 g/mol. The van der Waals surface area contributed by atoms with Crippen LogP contribution in [-0.2, 0) is 16.0 Å². The summed E-state index contributed by atoms with van der Waals surface area (Å²) in [6.45, 7) is 0.321. The molecule has 25 heavy (non-hydrogen) atoms. The summed E-state index contributed by atoms with van der Waals surface area (Å²) in [6.07, 6.45) is 2.43. The summed E-state index contributed by atoms with van der Waals surface area (Å²) in [4.78, 5) is 26.8. The van der Waals surface area contributed by atoms with Gasteiger partial charge in [0, 0.05) is 34.4 Å². The molecule has 1 heterocycles. The minimum atomic E-state index is -0.757. The molecular formula is C18H16ClN3O3. The van der Waals surface area contributed by atoms with Crippen molar-refractivity contribution in [1.29, 1.82) is 0 Å². The molecule has 4 N–H and O–H groups in total. The van der Waals surface area contributed by atoms with Crippen LogP contribution in [0.25, 0.3) is 10.9 Å². The van der Waals surface area contributed by atoms with Gasteiger partial charge in [-0.15, -0.1) is 0 Å². The molecule has 0 radical (unpaired) electrons. The average Bonchev–Trinajstić information content (AvgIpc) is 2.99. The fourth-order valence-corrected chi connectivity index (χ4v) is 2.65. The lowest BCUT2D eigenvalue weighted by Gasteiger charge is -2.06. The van der Waals surface area contributed by atoms with E-state index in [2.05, 4.69) is 15.6 Å². The summed E-state index contributed by atoms with van der Waals surface area (Å²) >= 11 is 6.01. The number of carbonyl (C=O) groups excluding carboxylic acids is 2. The second-order valence-electron chi connectivity index (χ2n) is 5.51. The molecule has 0 spiro atoms. The Labute approximate surface area is 148 Å². The Morgan fingerprint density at radius 2 is 1.84 bits per heavy atom. The fraction of sp³-hybridized carbons (Fsp3) is 0.111. The van der Waals surface area contributed by atoms with E-state index in [1.807, 2.05) is 18.3 Å². The van der Waals surface area contributed by atoms with E-state index in [-0.39, 0.29) is 5.75 Å². The Kier molecular flexibility index (Phi) is 4.90. The van der Waals surface area contributed by atoms with Gasteiger partial charge in [-0.2, -0.15) is 0 Å². The van der Waals surface area contributed by atoms with Crippen molar-refractivity contribution >= 4 is 40.0 Å². The number of carbonyl (C=O) groups is 2. The van der Waals surface area contributed by atoms with E-state index in [0.717, 1.165) is 16.5 Å². The molecule has 7 heteroatoms. The SMILES string of the molecule is O=C(NCCc1c[nH]c2ccc(Cl)cc12)C(=O)Nc1ccc(O)cc1. The van der Waals surface area contributed by atoms with E-state index in [9.17, 15) is 14.7 Å². The number of benzene rings is 2. The standard InChI is InChI=1S/C18H16ClN3O3/c19-12-1-6-16-15(9-12)11(10-21-16)7-8-20-17(24)18(25)22-13-2-4-14(23)5-3-13/h1-6,9-10,21,23H,7-8H2,(H,20,24)(H,22,25). The van der Waals surface area contributed by atoms with Crippen molar-refractivity contribution < 1.29 is 14.7 Å². The van der Waals surface area contributed by atoms with Gasteiger partial charge in [-0.25, -0.2) is 0 Å². The predicted molar refractivity (Wildman–Crippen MR) is 96.8 cm³/mol. The zero-order valence-corrected chi connectivity index (χ0v) is 13.9. The lowest BCUT2D eigenvalue weighted by Crippen LogP contribution is -2.36. The minimum absolute atomic E-state index is 0.0845. The highest BCUT2D eigenvalue weighted by atomic mass is 35.5. The average molecular weight is 358 g/mol. The van der Waals surface area contributed by atoms with Crippen LogP contribution in [0, 0.1) is 0 Å². The number of aromatic nitrogens is 1. The van der Waals surface area contributed by atoms with Gasteiger partial charge in [-0.1, -0.05) is 11.6 Å². The van der Waals surface area contributed by atoms with Crippen LogP contribution in [0.5, 0.6) is 5.75 Å².